The van der Waals surface area contributed by atoms with Crippen molar-refractivity contribution in [3.8, 4) is 0 Å². The van der Waals surface area contributed by atoms with Crippen LogP contribution in [0, 0.1) is 5.92 Å². The molecule has 1 rings (SSSR count). The first-order valence-electron chi connectivity index (χ1n) is 10.9. The summed E-state index contributed by atoms with van der Waals surface area (Å²) in [6.07, 6.45) is -0.314. The molecule has 0 aromatic heterocycles. The molecule has 0 saturated carbocycles. The maximum absolute atomic E-state index is 12.1. The van der Waals surface area contributed by atoms with Crippen LogP contribution >= 0.6 is 0 Å². The van der Waals surface area contributed by atoms with Crippen molar-refractivity contribution < 1.29 is 19.1 Å². The Morgan fingerprint density at radius 3 is 2.35 bits per heavy atom. The smallest absolute Gasteiger partial charge is 0.410 e. The first kappa shape index (κ1) is 27.0. The second kappa shape index (κ2) is 13.4. The van der Waals surface area contributed by atoms with Crippen molar-refractivity contribution in [2.75, 3.05) is 80.2 Å². The molecule has 1 heterocycles. The summed E-state index contributed by atoms with van der Waals surface area (Å²) in [7, 11) is 5.14. The van der Waals surface area contributed by atoms with E-state index < -0.39 is 5.60 Å². The van der Waals surface area contributed by atoms with Gasteiger partial charge in [-0.1, -0.05) is 6.92 Å². The predicted molar refractivity (Wildman–Crippen MR) is 122 cm³/mol. The molecule has 1 unspecified atom stereocenters. The number of amides is 2. The number of nitrogens with one attached hydrogen (secondary N) is 2. The van der Waals surface area contributed by atoms with E-state index in [0.29, 0.717) is 32.8 Å². The average molecular weight is 443 g/mol. The van der Waals surface area contributed by atoms with Gasteiger partial charge in [0.1, 0.15) is 5.60 Å². The summed E-state index contributed by atoms with van der Waals surface area (Å²) in [5.74, 6) is 1.10. The fourth-order valence-electron chi connectivity index (χ4n) is 3.21. The minimum atomic E-state index is -0.498. The molecule has 1 aliphatic heterocycles. The number of aliphatic imine (C=N–C) groups is 1. The van der Waals surface area contributed by atoms with E-state index >= 15 is 0 Å². The highest BCUT2D eigenvalue weighted by atomic mass is 16.6. The lowest BCUT2D eigenvalue weighted by Crippen LogP contribution is -2.54. The maximum Gasteiger partial charge on any atom is 0.410 e. The molecule has 10 nitrogen and oxygen atoms in total. The van der Waals surface area contributed by atoms with E-state index in [1.54, 1.807) is 26.1 Å². The SMILES string of the molecule is CN=C(NCC(C)CN(C)C(=O)OC(C)(C)C)N1CCN(CC(=O)NCCOC)CC1. The van der Waals surface area contributed by atoms with E-state index in [1.165, 1.54) is 0 Å². The Hall–Kier alpha value is -2.07. The fraction of sp³-hybridized carbons (Fsp3) is 0.857. The van der Waals surface area contributed by atoms with Crippen molar-refractivity contribution in [2.45, 2.75) is 33.3 Å². The number of carbonyl (C=O) groups is 2. The summed E-state index contributed by atoms with van der Waals surface area (Å²) in [5.41, 5.74) is -0.498. The van der Waals surface area contributed by atoms with Gasteiger partial charge in [0, 0.05) is 67.0 Å². The first-order chi connectivity index (χ1) is 14.6. The lowest BCUT2D eigenvalue weighted by Gasteiger charge is -2.36. The molecule has 10 heteroatoms. The molecule has 0 bridgehead atoms. The topological polar surface area (TPSA) is 98.7 Å². The number of piperazine rings is 1. The van der Waals surface area contributed by atoms with Crippen LogP contribution in [0.1, 0.15) is 27.7 Å². The Morgan fingerprint density at radius 1 is 1.16 bits per heavy atom. The summed E-state index contributed by atoms with van der Waals surface area (Å²) in [4.78, 5) is 34.4. The summed E-state index contributed by atoms with van der Waals surface area (Å²) in [5, 5.41) is 6.26. The maximum atomic E-state index is 12.1. The van der Waals surface area contributed by atoms with Crippen LogP contribution in [0.4, 0.5) is 4.79 Å². The van der Waals surface area contributed by atoms with Crippen LogP contribution in [0.25, 0.3) is 0 Å². The molecular formula is C21H42N6O4. The van der Waals surface area contributed by atoms with Crippen LogP contribution in [-0.2, 0) is 14.3 Å². The highest BCUT2D eigenvalue weighted by Crippen LogP contribution is 2.10. The third-order valence-electron chi connectivity index (χ3n) is 4.78. The van der Waals surface area contributed by atoms with Crippen LogP contribution in [0.3, 0.4) is 0 Å². The number of rotatable bonds is 9. The molecule has 1 saturated heterocycles. The van der Waals surface area contributed by atoms with Crippen LogP contribution < -0.4 is 10.6 Å². The first-order valence-corrected chi connectivity index (χ1v) is 10.9. The second-order valence-electron chi connectivity index (χ2n) is 9.00. The Bertz CT molecular complexity index is 585. The number of ether oxygens (including phenoxy) is 2. The molecule has 0 radical (unpaired) electrons. The van der Waals surface area contributed by atoms with E-state index in [9.17, 15) is 9.59 Å². The lowest BCUT2D eigenvalue weighted by molar-refractivity contribution is -0.122. The zero-order valence-electron chi connectivity index (χ0n) is 20.4. The van der Waals surface area contributed by atoms with E-state index in [0.717, 1.165) is 32.1 Å². The molecule has 1 aliphatic rings. The van der Waals surface area contributed by atoms with Gasteiger partial charge in [-0.05, 0) is 26.7 Å². The lowest BCUT2D eigenvalue weighted by atomic mass is 10.1. The highest BCUT2D eigenvalue weighted by Gasteiger charge is 2.23. The van der Waals surface area contributed by atoms with Crippen molar-refractivity contribution in [2.24, 2.45) is 10.9 Å². The van der Waals surface area contributed by atoms with Gasteiger partial charge < -0.3 is 29.9 Å². The summed E-state index contributed by atoms with van der Waals surface area (Å²) in [6.45, 7) is 13.6. The summed E-state index contributed by atoms with van der Waals surface area (Å²) in [6, 6.07) is 0. The van der Waals surface area contributed by atoms with E-state index in [-0.39, 0.29) is 17.9 Å². The number of guanidine groups is 1. The van der Waals surface area contributed by atoms with Crippen LogP contribution in [0.15, 0.2) is 4.99 Å². The fourth-order valence-corrected chi connectivity index (χ4v) is 3.21. The largest absolute Gasteiger partial charge is 0.444 e. The van der Waals surface area contributed by atoms with E-state index in [1.807, 2.05) is 20.8 Å². The summed E-state index contributed by atoms with van der Waals surface area (Å²) < 4.78 is 10.3. The monoisotopic (exact) mass is 442 g/mol. The van der Waals surface area contributed by atoms with Gasteiger partial charge in [0.05, 0.1) is 13.2 Å². The molecule has 0 aliphatic carbocycles. The molecule has 31 heavy (non-hydrogen) atoms. The Balaban J connectivity index is 2.36. The quantitative estimate of drug-likeness (QED) is 0.304. The van der Waals surface area contributed by atoms with Crippen molar-refractivity contribution in [1.29, 1.82) is 0 Å². The van der Waals surface area contributed by atoms with E-state index in [2.05, 4.69) is 32.3 Å². The number of hydrogen-bond acceptors (Lipinski definition) is 6. The van der Waals surface area contributed by atoms with Gasteiger partial charge in [-0.25, -0.2) is 4.79 Å². The molecule has 0 aromatic carbocycles. The number of carbonyl (C=O) groups excluding carboxylic acids is 2. The normalized spacial score (nSPS) is 16.6. The van der Waals surface area contributed by atoms with Gasteiger partial charge in [0.25, 0.3) is 0 Å². The molecule has 0 spiro atoms. The summed E-state index contributed by atoms with van der Waals surface area (Å²) >= 11 is 0. The number of nitrogens with zero attached hydrogens (tertiary/aromatic N) is 4. The van der Waals surface area contributed by atoms with Crippen molar-refractivity contribution in [3.05, 3.63) is 0 Å². The van der Waals surface area contributed by atoms with Gasteiger partial charge in [-0.3, -0.25) is 14.7 Å². The van der Waals surface area contributed by atoms with Gasteiger partial charge in [0.2, 0.25) is 5.91 Å². The van der Waals surface area contributed by atoms with Crippen LogP contribution in [0.5, 0.6) is 0 Å². The van der Waals surface area contributed by atoms with Crippen molar-refractivity contribution in [3.63, 3.8) is 0 Å². The van der Waals surface area contributed by atoms with Crippen molar-refractivity contribution >= 4 is 18.0 Å². The van der Waals surface area contributed by atoms with Gasteiger partial charge in [-0.15, -0.1) is 0 Å². The molecule has 1 atom stereocenters. The Morgan fingerprint density at radius 2 is 1.81 bits per heavy atom. The number of methoxy groups -OCH3 is 1. The van der Waals surface area contributed by atoms with E-state index in [4.69, 9.17) is 9.47 Å². The van der Waals surface area contributed by atoms with Crippen LogP contribution in [0.2, 0.25) is 0 Å². The van der Waals surface area contributed by atoms with Crippen molar-refractivity contribution in [1.82, 2.24) is 25.3 Å². The molecule has 1 fully saturated rings. The minimum Gasteiger partial charge on any atom is -0.444 e. The highest BCUT2D eigenvalue weighted by molar-refractivity contribution is 5.80. The molecule has 180 valence electrons. The van der Waals surface area contributed by atoms with Gasteiger partial charge in [-0.2, -0.15) is 0 Å². The number of hydrogen-bond donors (Lipinski definition) is 2. The second-order valence-corrected chi connectivity index (χ2v) is 9.00. The molecule has 0 aromatic rings. The van der Waals surface area contributed by atoms with Crippen LogP contribution in [-0.4, -0.2) is 118 Å². The third-order valence-corrected chi connectivity index (χ3v) is 4.78. The third kappa shape index (κ3) is 11.2. The molecule has 2 amide bonds. The van der Waals surface area contributed by atoms with Gasteiger partial charge >= 0.3 is 6.09 Å². The standard InChI is InChI=1S/C21H42N6O4/c1-17(15-25(6)20(29)31-21(2,3)4)14-24-19(22-5)27-11-9-26(10-12-27)16-18(28)23-8-13-30-7/h17H,8-16H2,1-7H3,(H,22,24)(H,23,28). The Kier molecular flexibility index (Phi) is 11.6. The molecular weight excluding hydrogens is 400 g/mol. The minimum absolute atomic E-state index is 0.0240. The Labute approximate surface area is 187 Å². The average Bonchev–Trinajstić information content (AvgIpc) is 2.68. The van der Waals surface area contributed by atoms with Gasteiger partial charge in [0.15, 0.2) is 5.96 Å². The molecule has 2 N–H and O–H groups in total. The zero-order chi connectivity index (χ0) is 23.4. The zero-order valence-corrected chi connectivity index (χ0v) is 20.4. The predicted octanol–water partition coefficient (Wildman–Crippen LogP) is 0.445.